The van der Waals surface area contributed by atoms with Crippen LogP contribution in [0.4, 0.5) is 0 Å². The molecule has 0 heterocycles. The number of allylic oxidation sites excluding steroid dienone is 4. The molecule has 0 fully saturated rings. The van der Waals surface area contributed by atoms with Gasteiger partial charge in [0.1, 0.15) is 0 Å². The van der Waals surface area contributed by atoms with Crippen LogP contribution in [0.15, 0.2) is 72.9 Å². The zero-order chi connectivity index (χ0) is 17.8. The summed E-state index contributed by atoms with van der Waals surface area (Å²) in [6, 6.07) is 0.115. The third-order valence-corrected chi connectivity index (χ3v) is 3.94. The average Bonchev–Trinajstić information content (AvgIpc) is 2.40. The van der Waals surface area contributed by atoms with Crippen molar-refractivity contribution >= 4 is 0 Å². The Balaban J connectivity index is 5.08. The van der Waals surface area contributed by atoms with Crippen LogP contribution in [0.5, 0.6) is 0 Å². The lowest BCUT2D eigenvalue weighted by molar-refractivity contribution is 0.546. The van der Waals surface area contributed by atoms with Gasteiger partial charge in [0.05, 0.1) is 0 Å². The Morgan fingerprint density at radius 1 is 0.864 bits per heavy atom. The molecule has 22 heavy (non-hydrogen) atoms. The number of nitrogens with two attached hydrogens (primary N) is 2. The van der Waals surface area contributed by atoms with E-state index in [1.807, 2.05) is 20.8 Å². The van der Waals surface area contributed by atoms with Crippen LogP contribution in [0.3, 0.4) is 0 Å². The Morgan fingerprint density at radius 3 is 1.64 bits per heavy atom. The van der Waals surface area contributed by atoms with Crippen molar-refractivity contribution in [2.75, 3.05) is 0 Å². The fourth-order valence-electron chi connectivity index (χ4n) is 2.13. The van der Waals surface area contributed by atoms with E-state index in [1.54, 1.807) is 0 Å². The summed E-state index contributed by atoms with van der Waals surface area (Å²) in [5.41, 5.74) is 15.9. The van der Waals surface area contributed by atoms with Crippen molar-refractivity contribution in [2.24, 2.45) is 17.4 Å². The lowest BCUT2D eigenvalue weighted by Crippen LogP contribution is -2.34. The summed E-state index contributed by atoms with van der Waals surface area (Å²) in [7, 11) is 0. The molecule has 0 aromatic rings. The van der Waals surface area contributed by atoms with Crippen LogP contribution < -0.4 is 11.5 Å². The molecule has 0 saturated carbocycles. The molecule has 0 bridgehead atoms. The molecule has 0 radical (unpaired) electrons. The zero-order valence-corrected chi connectivity index (χ0v) is 14.8. The summed E-state index contributed by atoms with van der Waals surface area (Å²) in [4.78, 5) is 0. The van der Waals surface area contributed by atoms with Crippen LogP contribution in [0.2, 0.25) is 0 Å². The van der Waals surface area contributed by atoms with Crippen LogP contribution in [0, 0.1) is 5.92 Å². The molecule has 0 saturated heterocycles. The molecule has 2 unspecified atom stereocenters. The second kappa shape index (κ2) is 7.57. The smallest absolute Gasteiger partial charge is 0.0352 e. The van der Waals surface area contributed by atoms with Crippen molar-refractivity contribution in [3.63, 3.8) is 0 Å². The Hall–Kier alpha value is -1.64. The van der Waals surface area contributed by atoms with E-state index in [0.29, 0.717) is 11.1 Å². The minimum atomic E-state index is -0.555. The van der Waals surface area contributed by atoms with Gasteiger partial charge in [-0.1, -0.05) is 46.4 Å². The van der Waals surface area contributed by atoms with Gasteiger partial charge in [0.15, 0.2) is 0 Å². The van der Waals surface area contributed by atoms with Crippen LogP contribution in [-0.4, -0.2) is 11.6 Å². The van der Waals surface area contributed by atoms with E-state index in [-0.39, 0.29) is 12.0 Å². The maximum Gasteiger partial charge on any atom is 0.0352 e. The van der Waals surface area contributed by atoms with Gasteiger partial charge >= 0.3 is 0 Å². The fourth-order valence-corrected chi connectivity index (χ4v) is 2.13. The molecule has 0 amide bonds. The predicted molar refractivity (Wildman–Crippen MR) is 101 cm³/mol. The van der Waals surface area contributed by atoms with Crippen LogP contribution in [0.1, 0.15) is 34.1 Å². The summed E-state index contributed by atoms with van der Waals surface area (Å²) < 4.78 is 0. The first-order valence-electron chi connectivity index (χ1n) is 7.50. The molecule has 0 spiro atoms. The molecule has 0 aliphatic heterocycles. The third kappa shape index (κ3) is 5.28. The van der Waals surface area contributed by atoms with Crippen molar-refractivity contribution in [3.05, 3.63) is 72.9 Å². The first-order chi connectivity index (χ1) is 9.80. The van der Waals surface area contributed by atoms with Gasteiger partial charge in [-0.15, -0.1) is 0 Å². The lowest BCUT2D eigenvalue weighted by atomic mass is 9.81. The minimum absolute atomic E-state index is 0.115. The second-order valence-electron chi connectivity index (χ2n) is 6.75. The van der Waals surface area contributed by atoms with Crippen molar-refractivity contribution in [3.8, 4) is 0 Å². The molecule has 0 aliphatic carbocycles. The van der Waals surface area contributed by atoms with Crippen molar-refractivity contribution in [1.82, 2.24) is 0 Å². The molecule has 122 valence electrons. The Kier molecular flexibility index (Phi) is 7.01. The summed E-state index contributed by atoms with van der Waals surface area (Å²) in [6.45, 7) is 32.3. The van der Waals surface area contributed by atoms with E-state index in [4.69, 9.17) is 11.5 Å². The predicted octanol–water partition coefficient (Wildman–Crippen LogP) is 4.43. The van der Waals surface area contributed by atoms with Crippen molar-refractivity contribution in [2.45, 2.75) is 45.7 Å². The van der Waals surface area contributed by atoms with E-state index in [0.717, 1.165) is 28.7 Å². The minimum Gasteiger partial charge on any atom is -0.328 e. The molecule has 2 heteroatoms. The first kappa shape index (κ1) is 20.4. The maximum atomic E-state index is 6.07. The van der Waals surface area contributed by atoms with Crippen molar-refractivity contribution in [1.29, 1.82) is 0 Å². The molecule has 2 nitrogen and oxygen atoms in total. The standard InChI is InChI=1S/C20H32N2/c1-12(11-13(2)21)14(3)15(4)16(5)17(6)18(7)19(8)20(9,10)22/h12-13H,3-8,11,21-22H2,1-2,9-10H3. The van der Waals surface area contributed by atoms with Crippen molar-refractivity contribution < 1.29 is 0 Å². The zero-order valence-electron chi connectivity index (χ0n) is 14.8. The number of hydrogen-bond acceptors (Lipinski definition) is 2. The topological polar surface area (TPSA) is 52.0 Å². The summed E-state index contributed by atoms with van der Waals surface area (Å²) in [6.07, 6.45) is 0.848. The largest absolute Gasteiger partial charge is 0.328 e. The van der Waals surface area contributed by atoms with E-state index in [1.165, 1.54) is 0 Å². The second-order valence-corrected chi connectivity index (χ2v) is 6.75. The van der Waals surface area contributed by atoms with Crippen LogP contribution in [0.25, 0.3) is 0 Å². The fraction of sp³-hybridized carbons (Fsp3) is 0.400. The highest BCUT2D eigenvalue weighted by atomic mass is 14.7. The summed E-state index contributed by atoms with van der Waals surface area (Å²) in [5.74, 6) is 0.236. The van der Waals surface area contributed by atoms with E-state index in [2.05, 4.69) is 46.4 Å². The van der Waals surface area contributed by atoms with Gasteiger partial charge < -0.3 is 11.5 Å². The van der Waals surface area contributed by atoms with Gasteiger partial charge in [-0.05, 0) is 66.5 Å². The highest BCUT2D eigenvalue weighted by Gasteiger charge is 2.22. The Morgan fingerprint density at radius 2 is 1.27 bits per heavy atom. The van der Waals surface area contributed by atoms with E-state index >= 15 is 0 Å². The van der Waals surface area contributed by atoms with E-state index < -0.39 is 5.54 Å². The molecule has 0 aromatic carbocycles. The molecule has 0 aromatic heterocycles. The Labute approximate surface area is 136 Å². The van der Waals surface area contributed by atoms with Gasteiger partial charge in [0.25, 0.3) is 0 Å². The normalized spacial score (nSPS) is 13.9. The van der Waals surface area contributed by atoms with Gasteiger partial charge in [-0.25, -0.2) is 0 Å². The Bertz CT molecular complexity index is 524. The quantitative estimate of drug-likeness (QED) is 0.619. The molecule has 2 atom stereocenters. The monoisotopic (exact) mass is 300 g/mol. The van der Waals surface area contributed by atoms with Gasteiger partial charge in [0.2, 0.25) is 0 Å². The molecule has 0 rings (SSSR count). The highest BCUT2D eigenvalue weighted by Crippen LogP contribution is 2.33. The van der Waals surface area contributed by atoms with Gasteiger partial charge in [0, 0.05) is 11.6 Å². The molecular weight excluding hydrogens is 268 g/mol. The SMILES string of the molecule is C=C(C(=C)C(=C)C(=C)C(C)(C)N)C(=C)C(=C)C(C)CC(C)N. The van der Waals surface area contributed by atoms with E-state index in [9.17, 15) is 0 Å². The third-order valence-electron chi connectivity index (χ3n) is 3.94. The van der Waals surface area contributed by atoms with Crippen LogP contribution in [-0.2, 0) is 0 Å². The summed E-state index contributed by atoms with van der Waals surface area (Å²) in [5, 5.41) is 0. The van der Waals surface area contributed by atoms with Crippen LogP contribution >= 0.6 is 0 Å². The molecule has 4 N–H and O–H groups in total. The van der Waals surface area contributed by atoms with Gasteiger partial charge in [-0.2, -0.15) is 0 Å². The number of hydrogen-bond donors (Lipinski definition) is 2. The number of rotatable bonds is 9. The lowest BCUT2D eigenvalue weighted by Gasteiger charge is -2.27. The average molecular weight is 300 g/mol. The maximum absolute atomic E-state index is 6.07. The molecule has 0 aliphatic rings. The highest BCUT2D eigenvalue weighted by molar-refractivity contribution is 5.63. The van der Waals surface area contributed by atoms with Gasteiger partial charge in [-0.3, -0.25) is 0 Å². The first-order valence-corrected chi connectivity index (χ1v) is 7.50. The molecular formula is C20H32N2. The summed E-state index contributed by atoms with van der Waals surface area (Å²) >= 11 is 0.